The van der Waals surface area contributed by atoms with E-state index in [0.29, 0.717) is 18.3 Å². The number of carbonyl (C=O) groups excluding carboxylic acids is 2. The van der Waals surface area contributed by atoms with E-state index in [1.165, 1.54) is 30.4 Å². The molecule has 3 aliphatic carbocycles. The highest BCUT2D eigenvalue weighted by atomic mass is 16.6. The molecule has 6 nitrogen and oxygen atoms in total. The van der Waals surface area contributed by atoms with Crippen LogP contribution in [0, 0.1) is 22.7 Å². The Balaban J connectivity index is 1.19. The molecule has 1 spiro atoms. The number of hydrogen-bond donors (Lipinski definition) is 0. The van der Waals surface area contributed by atoms with Gasteiger partial charge in [0.15, 0.2) is 0 Å². The second-order valence-corrected chi connectivity index (χ2v) is 14.5. The molecule has 6 heteroatoms. The highest BCUT2D eigenvalue weighted by Gasteiger charge is 2.75. The average Bonchev–Trinajstić information content (AvgIpc) is 3.81. The van der Waals surface area contributed by atoms with Crippen molar-refractivity contribution in [2.75, 3.05) is 5.01 Å². The van der Waals surface area contributed by atoms with Gasteiger partial charge >= 0.3 is 0 Å². The van der Waals surface area contributed by atoms with Crippen LogP contribution in [0.15, 0.2) is 96.2 Å². The third-order valence-corrected chi connectivity index (χ3v) is 12.5. The van der Waals surface area contributed by atoms with Gasteiger partial charge in [0.1, 0.15) is 0 Å². The van der Waals surface area contributed by atoms with Crippen molar-refractivity contribution < 1.29 is 14.4 Å². The lowest BCUT2D eigenvalue weighted by Crippen LogP contribution is -2.52. The molecular weight excluding hydrogens is 558 g/mol. The first-order chi connectivity index (χ1) is 21.9. The fourth-order valence-corrected chi connectivity index (χ4v) is 10.3. The van der Waals surface area contributed by atoms with Crippen LogP contribution in [-0.4, -0.2) is 34.7 Å². The van der Waals surface area contributed by atoms with E-state index in [0.717, 1.165) is 43.5 Å². The maximum absolute atomic E-state index is 14.9. The van der Waals surface area contributed by atoms with Gasteiger partial charge in [0.2, 0.25) is 6.10 Å². The molecule has 3 aromatic rings. The lowest BCUT2D eigenvalue weighted by Gasteiger charge is -2.43. The minimum Gasteiger partial charge on any atom is -0.382 e. The molecule has 1 saturated heterocycles. The van der Waals surface area contributed by atoms with Crippen molar-refractivity contribution in [3.05, 3.63) is 102 Å². The van der Waals surface area contributed by atoms with Gasteiger partial charge in [0.25, 0.3) is 11.8 Å². The molecule has 2 bridgehead atoms. The Bertz CT molecular complexity index is 1580. The zero-order chi connectivity index (χ0) is 30.8. The second-order valence-electron chi connectivity index (χ2n) is 14.5. The summed E-state index contributed by atoms with van der Waals surface area (Å²) in [6.07, 6.45) is 8.14. The Morgan fingerprint density at radius 1 is 0.844 bits per heavy atom. The molecule has 232 valence electrons. The topological polar surface area (TPSA) is 62.2 Å². The number of para-hydroxylation sites is 1. The van der Waals surface area contributed by atoms with Crippen LogP contribution in [0.1, 0.15) is 82.8 Å². The summed E-state index contributed by atoms with van der Waals surface area (Å²) >= 11 is 0. The van der Waals surface area contributed by atoms with Gasteiger partial charge in [-0.05, 0) is 72.6 Å². The Morgan fingerprint density at radius 3 is 2.04 bits per heavy atom. The molecule has 45 heavy (non-hydrogen) atoms. The summed E-state index contributed by atoms with van der Waals surface area (Å²) in [4.78, 5) is 35.7. The molecule has 4 fully saturated rings. The highest BCUT2D eigenvalue weighted by molar-refractivity contribution is 6.07. The van der Waals surface area contributed by atoms with Crippen LogP contribution in [-0.2, 0) is 19.8 Å². The lowest BCUT2D eigenvalue weighted by molar-refractivity contribution is -0.145. The number of rotatable bonds is 6. The number of hydrogen-bond acceptors (Lipinski definition) is 4. The maximum atomic E-state index is 14.9. The van der Waals surface area contributed by atoms with Crippen molar-refractivity contribution in [1.82, 2.24) is 5.01 Å². The highest BCUT2D eigenvalue weighted by Crippen LogP contribution is 2.70. The fourth-order valence-electron chi connectivity index (χ4n) is 10.3. The first-order valence-corrected chi connectivity index (χ1v) is 17.0. The molecule has 5 aliphatic rings. The molecule has 2 aliphatic heterocycles. The molecule has 3 unspecified atom stereocenters. The van der Waals surface area contributed by atoms with Gasteiger partial charge in [0.05, 0.1) is 28.3 Å². The molecule has 8 rings (SSSR count). The van der Waals surface area contributed by atoms with E-state index in [1.54, 1.807) is 10.0 Å². The molecular formula is C39H43N3O3. The summed E-state index contributed by atoms with van der Waals surface area (Å²) < 4.78 is 0. The zero-order valence-electron chi connectivity index (χ0n) is 26.4. The van der Waals surface area contributed by atoms with Crippen LogP contribution >= 0.6 is 0 Å². The van der Waals surface area contributed by atoms with Crippen LogP contribution in [0.25, 0.3) is 0 Å². The Kier molecular flexibility index (Phi) is 6.70. The minimum atomic E-state index is -0.785. The standard InChI is InChI=1S/C39H43N3O3/c1-37(2)30-23-24-38(37)34(25-30)42(41(36(38)44)31-21-13-6-14-22-31)35(43)32-26-33(40-45-32)39(27-15-7-3-8-16-27,28-17-9-4-10-18-28)29-19-11-5-12-20-29/h3-4,6-10,13-18,21-22,29-30,32,34H,5,11-12,19-20,23-26H2,1-2H3/t30?,32-,34?,38?/m1/s1. The molecule has 3 aromatic carbocycles. The molecule has 0 radical (unpaired) electrons. The number of nitrogens with zero attached hydrogens (tertiary/aromatic N) is 3. The number of benzene rings is 3. The number of carbonyl (C=O) groups is 2. The maximum Gasteiger partial charge on any atom is 0.286 e. The van der Waals surface area contributed by atoms with Crippen LogP contribution < -0.4 is 5.01 Å². The van der Waals surface area contributed by atoms with E-state index in [1.807, 2.05) is 30.3 Å². The van der Waals surface area contributed by atoms with Gasteiger partial charge in [0, 0.05) is 6.42 Å². The fraction of sp³-hybridized carbons (Fsp3) is 0.462. The summed E-state index contributed by atoms with van der Waals surface area (Å²) in [6.45, 7) is 4.48. The van der Waals surface area contributed by atoms with E-state index in [4.69, 9.17) is 9.99 Å². The molecule has 0 aromatic heterocycles. The number of amides is 2. The predicted octanol–water partition coefficient (Wildman–Crippen LogP) is 7.68. The normalized spacial score (nSPS) is 29.1. The van der Waals surface area contributed by atoms with E-state index in [2.05, 4.69) is 74.5 Å². The smallest absolute Gasteiger partial charge is 0.286 e. The van der Waals surface area contributed by atoms with Gasteiger partial charge in [-0.1, -0.05) is 117 Å². The quantitative estimate of drug-likeness (QED) is 0.291. The Labute approximate surface area is 266 Å². The van der Waals surface area contributed by atoms with Crippen molar-refractivity contribution in [2.24, 2.45) is 27.8 Å². The number of oxime groups is 1. The summed E-state index contributed by atoms with van der Waals surface area (Å²) in [5, 5.41) is 8.35. The van der Waals surface area contributed by atoms with Crippen LogP contribution in [0.5, 0.6) is 0 Å². The first kappa shape index (κ1) is 28.5. The lowest BCUT2D eigenvalue weighted by atomic mass is 9.58. The summed E-state index contributed by atoms with van der Waals surface area (Å²) in [7, 11) is 0. The molecule has 4 atom stereocenters. The Morgan fingerprint density at radius 2 is 1.44 bits per heavy atom. The number of hydrazine groups is 1. The van der Waals surface area contributed by atoms with Crippen LogP contribution in [0.2, 0.25) is 0 Å². The summed E-state index contributed by atoms with van der Waals surface area (Å²) in [6, 6.07) is 31.0. The van der Waals surface area contributed by atoms with Crippen molar-refractivity contribution in [3.8, 4) is 0 Å². The van der Waals surface area contributed by atoms with Crippen molar-refractivity contribution >= 4 is 23.2 Å². The monoisotopic (exact) mass is 601 g/mol. The SMILES string of the molecule is CC1(C)C2CCC13C(=O)N(c1ccccc1)N(C(=O)[C@H]1CC(C(c4ccccc4)(c4ccccc4)C4CCCCC4)=NO1)C3C2. The predicted molar refractivity (Wildman–Crippen MR) is 175 cm³/mol. The van der Waals surface area contributed by atoms with E-state index in [-0.39, 0.29) is 23.3 Å². The average molecular weight is 602 g/mol. The molecule has 2 heterocycles. The largest absolute Gasteiger partial charge is 0.382 e. The van der Waals surface area contributed by atoms with E-state index in [9.17, 15) is 9.59 Å². The van der Waals surface area contributed by atoms with Crippen LogP contribution in [0.3, 0.4) is 0 Å². The van der Waals surface area contributed by atoms with Gasteiger partial charge in [-0.25, -0.2) is 10.0 Å². The Hall–Kier alpha value is -3.93. The molecule has 3 saturated carbocycles. The van der Waals surface area contributed by atoms with E-state index < -0.39 is 16.9 Å². The third kappa shape index (κ3) is 3.90. The van der Waals surface area contributed by atoms with E-state index >= 15 is 0 Å². The van der Waals surface area contributed by atoms with Crippen LogP contribution in [0.4, 0.5) is 5.69 Å². The van der Waals surface area contributed by atoms with Crippen molar-refractivity contribution in [1.29, 1.82) is 0 Å². The van der Waals surface area contributed by atoms with Gasteiger partial charge in [-0.15, -0.1) is 0 Å². The second kappa shape index (κ2) is 10.6. The van der Waals surface area contributed by atoms with Crippen molar-refractivity contribution in [3.63, 3.8) is 0 Å². The minimum absolute atomic E-state index is 0.0568. The van der Waals surface area contributed by atoms with Gasteiger partial charge in [-0.3, -0.25) is 9.59 Å². The first-order valence-electron chi connectivity index (χ1n) is 17.0. The third-order valence-electron chi connectivity index (χ3n) is 12.5. The number of anilines is 1. The van der Waals surface area contributed by atoms with Crippen molar-refractivity contribution in [2.45, 2.75) is 89.2 Å². The zero-order valence-corrected chi connectivity index (χ0v) is 26.4. The molecule has 2 amide bonds. The number of fused-ring (bicyclic) bond motifs is 1. The molecule has 0 N–H and O–H groups in total. The summed E-state index contributed by atoms with van der Waals surface area (Å²) in [5.74, 6) is 0.665. The van der Waals surface area contributed by atoms with Gasteiger partial charge in [-0.2, -0.15) is 0 Å². The van der Waals surface area contributed by atoms with Gasteiger partial charge < -0.3 is 4.84 Å². The summed E-state index contributed by atoms with van der Waals surface area (Å²) in [5.41, 5.74) is 2.82.